The van der Waals surface area contributed by atoms with Gasteiger partial charge < -0.3 is 15.0 Å². The molecule has 2 aliphatic rings. The molecule has 1 N–H and O–H groups in total. The molecular formula is C16H21ClN2O2. The average molecular weight is 309 g/mol. The van der Waals surface area contributed by atoms with Gasteiger partial charge in [0, 0.05) is 18.6 Å². The largest absolute Gasteiger partial charge is 0.491 e. The van der Waals surface area contributed by atoms with Gasteiger partial charge in [-0.15, -0.1) is 0 Å². The minimum absolute atomic E-state index is 0.207. The molecule has 0 saturated carbocycles. The quantitative estimate of drug-likeness (QED) is 0.929. The molecular weight excluding hydrogens is 288 g/mol. The van der Waals surface area contributed by atoms with Crippen molar-refractivity contribution in [1.82, 2.24) is 10.2 Å². The zero-order valence-corrected chi connectivity index (χ0v) is 12.8. The molecule has 1 aromatic rings. The summed E-state index contributed by atoms with van der Waals surface area (Å²) in [6.07, 6.45) is 3.74. The summed E-state index contributed by atoms with van der Waals surface area (Å²) in [6, 6.07) is 8.14. The molecule has 114 valence electrons. The maximum atomic E-state index is 12.5. The molecule has 4 nitrogen and oxygen atoms in total. The monoisotopic (exact) mass is 308 g/mol. The predicted molar refractivity (Wildman–Crippen MR) is 82.7 cm³/mol. The van der Waals surface area contributed by atoms with Crippen LogP contribution >= 0.6 is 11.6 Å². The number of carbonyl (C=O) groups excluding carboxylic acids is 1. The Balaban J connectivity index is 1.53. The maximum absolute atomic E-state index is 12.5. The minimum atomic E-state index is 0.207. The van der Waals surface area contributed by atoms with E-state index < -0.39 is 0 Å². The zero-order valence-electron chi connectivity index (χ0n) is 12.1. The number of halogens is 1. The number of carbonyl (C=O) groups is 1. The maximum Gasteiger partial charge on any atom is 0.226 e. The van der Waals surface area contributed by atoms with E-state index in [2.05, 4.69) is 10.2 Å². The molecule has 1 amide bonds. The van der Waals surface area contributed by atoms with Crippen molar-refractivity contribution in [3.8, 4) is 5.75 Å². The number of rotatable bonds is 4. The summed E-state index contributed by atoms with van der Waals surface area (Å²) in [5.74, 6) is 0.853. The van der Waals surface area contributed by atoms with Gasteiger partial charge in [0.2, 0.25) is 5.91 Å². The number of amides is 1. The SMILES string of the molecule is O=C(CCOc1ccccc1Cl)N1C2CCNCC1CC2. The molecule has 0 aliphatic carbocycles. The lowest BCUT2D eigenvalue weighted by molar-refractivity contribution is -0.134. The summed E-state index contributed by atoms with van der Waals surface area (Å²) in [5.41, 5.74) is 0. The highest BCUT2D eigenvalue weighted by molar-refractivity contribution is 6.32. The van der Waals surface area contributed by atoms with Gasteiger partial charge in [-0.3, -0.25) is 4.79 Å². The van der Waals surface area contributed by atoms with Crippen molar-refractivity contribution in [2.24, 2.45) is 0 Å². The highest BCUT2D eigenvalue weighted by Crippen LogP contribution is 2.29. The molecule has 0 spiro atoms. The molecule has 2 atom stereocenters. The Labute approximate surface area is 130 Å². The molecule has 2 saturated heterocycles. The van der Waals surface area contributed by atoms with Crippen LogP contribution in [0.1, 0.15) is 25.7 Å². The van der Waals surface area contributed by atoms with E-state index in [-0.39, 0.29) is 5.91 Å². The number of hydrogen-bond acceptors (Lipinski definition) is 3. The van der Waals surface area contributed by atoms with Crippen LogP contribution in [-0.4, -0.2) is 42.6 Å². The van der Waals surface area contributed by atoms with Gasteiger partial charge in [-0.05, 0) is 37.9 Å². The molecule has 0 radical (unpaired) electrons. The molecule has 21 heavy (non-hydrogen) atoms. The van der Waals surface area contributed by atoms with Crippen LogP contribution in [0, 0.1) is 0 Å². The lowest BCUT2D eigenvalue weighted by Crippen LogP contribution is -2.42. The lowest BCUT2D eigenvalue weighted by atomic mass is 10.1. The van der Waals surface area contributed by atoms with Crippen molar-refractivity contribution in [3.05, 3.63) is 29.3 Å². The summed E-state index contributed by atoms with van der Waals surface area (Å²) in [6.45, 7) is 2.32. The molecule has 2 fully saturated rings. The standard InChI is InChI=1S/C16H21ClN2O2/c17-14-3-1-2-4-15(14)21-10-8-16(20)19-12-5-6-13(19)11-18-9-7-12/h1-4,12-13,18H,5-11H2. The van der Waals surface area contributed by atoms with Crippen molar-refractivity contribution in [1.29, 1.82) is 0 Å². The highest BCUT2D eigenvalue weighted by Gasteiger charge is 2.37. The number of nitrogens with one attached hydrogen (secondary N) is 1. The van der Waals surface area contributed by atoms with Gasteiger partial charge in [0.1, 0.15) is 5.75 Å². The van der Waals surface area contributed by atoms with Crippen LogP contribution in [-0.2, 0) is 4.79 Å². The molecule has 5 heteroatoms. The second-order valence-corrected chi connectivity index (χ2v) is 6.11. The van der Waals surface area contributed by atoms with E-state index >= 15 is 0 Å². The van der Waals surface area contributed by atoms with E-state index in [0.29, 0.717) is 35.9 Å². The van der Waals surface area contributed by atoms with Crippen LogP contribution in [0.2, 0.25) is 5.02 Å². The van der Waals surface area contributed by atoms with Crippen LogP contribution in [0.3, 0.4) is 0 Å². The van der Waals surface area contributed by atoms with Crippen molar-refractivity contribution in [2.45, 2.75) is 37.8 Å². The van der Waals surface area contributed by atoms with Crippen LogP contribution < -0.4 is 10.1 Å². The van der Waals surface area contributed by atoms with Crippen LogP contribution in [0.15, 0.2) is 24.3 Å². The summed E-state index contributed by atoms with van der Waals surface area (Å²) in [7, 11) is 0. The third-order valence-electron chi connectivity index (χ3n) is 4.35. The number of hydrogen-bond donors (Lipinski definition) is 1. The van der Waals surface area contributed by atoms with E-state index in [1.807, 2.05) is 18.2 Å². The Bertz CT molecular complexity index is 495. The first-order chi connectivity index (χ1) is 10.3. The van der Waals surface area contributed by atoms with Crippen molar-refractivity contribution >= 4 is 17.5 Å². The van der Waals surface area contributed by atoms with Gasteiger partial charge in [0.15, 0.2) is 0 Å². The van der Waals surface area contributed by atoms with Crippen LogP contribution in [0.25, 0.3) is 0 Å². The van der Waals surface area contributed by atoms with Crippen molar-refractivity contribution < 1.29 is 9.53 Å². The van der Waals surface area contributed by atoms with Gasteiger partial charge in [-0.2, -0.15) is 0 Å². The third-order valence-corrected chi connectivity index (χ3v) is 4.66. The predicted octanol–water partition coefficient (Wildman–Crippen LogP) is 2.46. The summed E-state index contributed by atoms with van der Waals surface area (Å²) in [5, 5.41) is 4.00. The Morgan fingerprint density at radius 3 is 2.95 bits per heavy atom. The first-order valence-corrected chi connectivity index (χ1v) is 8.02. The van der Waals surface area contributed by atoms with Gasteiger partial charge in [0.25, 0.3) is 0 Å². The first kappa shape index (κ1) is 14.7. The Kier molecular flexibility index (Phi) is 4.66. The van der Waals surface area contributed by atoms with Crippen molar-refractivity contribution in [2.75, 3.05) is 19.7 Å². The molecule has 0 aromatic heterocycles. The van der Waals surface area contributed by atoms with Gasteiger partial charge >= 0.3 is 0 Å². The fourth-order valence-corrected chi connectivity index (χ4v) is 3.52. The van der Waals surface area contributed by atoms with Gasteiger partial charge in [0.05, 0.1) is 18.1 Å². The molecule has 2 heterocycles. The number of nitrogens with zero attached hydrogens (tertiary/aromatic N) is 1. The summed E-state index contributed by atoms with van der Waals surface area (Å²) in [4.78, 5) is 14.6. The number of fused-ring (bicyclic) bond motifs is 2. The Morgan fingerprint density at radius 2 is 2.10 bits per heavy atom. The van der Waals surface area contributed by atoms with Crippen LogP contribution in [0.4, 0.5) is 0 Å². The fraction of sp³-hybridized carbons (Fsp3) is 0.562. The van der Waals surface area contributed by atoms with E-state index in [1.54, 1.807) is 6.07 Å². The number of para-hydroxylation sites is 1. The first-order valence-electron chi connectivity index (χ1n) is 7.65. The van der Waals surface area contributed by atoms with E-state index in [1.165, 1.54) is 0 Å². The molecule has 2 bridgehead atoms. The highest BCUT2D eigenvalue weighted by atomic mass is 35.5. The molecule has 2 aliphatic heterocycles. The zero-order chi connectivity index (χ0) is 14.7. The average Bonchev–Trinajstić information content (AvgIpc) is 2.74. The normalized spacial score (nSPS) is 24.7. The lowest BCUT2D eigenvalue weighted by Gasteiger charge is -2.28. The minimum Gasteiger partial charge on any atom is -0.491 e. The fourth-order valence-electron chi connectivity index (χ4n) is 3.33. The topological polar surface area (TPSA) is 41.6 Å². The molecule has 1 aromatic carbocycles. The second kappa shape index (κ2) is 6.67. The Hall–Kier alpha value is -1.26. The summed E-state index contributed by atoms with van der Waals surface area (Å²) >= 11 is 6.04. The smallest absolute Gasteiger partial charge is 0.226 e. The van der Waals surface area contributed by atoms with Crippen LogP contribution in [0.5, 0.6) is 5.75 Å². The van der Waals surface area contributed by atoms with E-state index in [4.69, 9.17) is 16.3 Å². The number of benzene rings is 1. The van der Waals surface area contributed by atoms with Crippen molar-refractivity contribution in [3.63, 3.8) is 0 Å². The summed E-state index contributed by atoms with van der Waals surface area (Å²) < 4.78 is 5.63. The third kappa shape index (κ3) is 3.33. The molecule has 3 rings (SSSR count). The Morgan fingerprint density at radius 1 is 1.29 bits per heavy atom. The second-order valence-electron chi connectivity index (χ2n) is 5.71. The molecule has 2 unspecified atom stereocenters. The van der Waals surface area contributed by atoms with E-state index in [0.717, 1.165) is 32.4 Å². The van der Waals surface area contributed by atoms with E-state index in [9.17, 15) is 4.79 Å². The number of ether oxygens (including phenoxy) is 1. The van der Waals surface area contributed by atoms with Gasteiger partial charge in [-0.25, -0.2) is 0 Å². The van der Waals surface area contributed by atoms with Gasteiger partial charge in [-0.1, -0.05) is 23.7 Å².